The Morgan fingerprint density at radius 2 is 1.57 bits per heavy atom. The first-order chi connectivity index (χ1) is 13.1. The van der Waals surface area contributed by atoms with Gasteiger partial charge >= 0.3 is 11.9 Å². The molecule has 0 saturated heterocycles. The lowest BCUT2D eigenvalue weighted by Gasteiger charge is -2.37. The number of ether oxygens (including phenoxy) is 2. The van der Waals surface area contributed by atoms with Crippen LogP contribution in [-0.2, 0) is 9.47 Å². The number of carbonyl (C=O) groups excluding carboxylic acids is 2. The number of rotatable bonds is 5. The molecule has 0 aliphatic carbocycles. The van der Waals surface area contributed by atoms with Crippen molar-refractivity contribution in [2.75, 3.05) is 40.4 Å². The first kappa shape index (κ1) is 22.2. The largest absolute Gasteiger partial charge is 0.462 e. The molecular weight excluding hydrogens is 378 g/mol. The number of benzene rings is 1. The van der Waals surface area contributed by atoms with Crippen LogP contribution in [0.3, 0.4) is 0 Å². The second-order valence-electron chi connectivity index (χ2n) is 7.71. The number of hydrogen-bond donors (Lipinski definition) is 0. The Bertz CT molecular complexity index is 848. The summed E-state index contributed by atoms with van der Waals surface area (Å²) in [5.41, 5.74) is 4.46. The van der Waals surface area contributed by atoms with E-state index in [4.69, 9.17) is 21.1 Å². The molecule has 0 unspecified atom stereocenters. The molecule has 0 aromatic heterocycles. The molecule has 0 atom stereocenters. The number of likely N-dealkylation sites (N-methyl/N-ethyl adjacent to an activating group) is 1. The van der Waals surface area contributed by atoms with Crippen LogP contribution in [0.25, 0.3) is 5.57 Å². The highest BCUT2D eigenvalue weighted by Crippen LogP contribution is 2.37. The lowest BCUT2D eigenvalue weighted by molar-refractivity contribution is -0.881. The van der Waals surface area contributed by atoms with Gasteiger partial charge in [0, 0.05) is 11.1 Å². The number of esters is 2. The highest BCUT2D eigenvalue weighted by molar-refractivity contribution is 6.34. The Kier molecular flexibility index (Phi) is 7.07. The van der Waals surface area contributed by atoms with Gasteiger partial charge in [0.15, 0.2) is 0 Å². The maximum atomic E-state index is 12.5. The quantitative estimate of drug-likeness (QED) is 0.536. The van der Waals surface area contributed by atoms with Crippen LogP contribution in [0.5, 0.6) is 0 Å². The maximum absolute atomic E-state index is 12.5. The Hall–Kier alpha value is -2.11. The molecule has 0 N–H and O–H groups in total. The summed E-state index contributed by atoms with van der Waals surface area (Å²) < 4.78 is 11.0. The van der Waals surface area contributed by atoms with E-state index < -0.39 is 11.9 Å². The first-order valence-electron chi connectivity index (χ1n) is 9.47. The van der Waals surface area contributed by atoms with Crippen molar-refractivity contribution in [2.24, 2.45) is 0 Å². The number of nitrogens with zero attached hydrogens (tertiary/aromatic N) is 1. The van der Waals surface area contributed by atoms with Gasteiger partial charge in [-0.05, 0) is 45.4 Å². The molecular formula is C22H29ClNO4+. The van der Waals surface area contributed by atoms with Crippen molar-refractivity contribution in [2.45, 2.75) is 27.7 Å². The van der Waals surface area contributed by atoms with Gasteiger partial charge in [-0.25, -0.2) is 9.59 Å². The SMILES string of the molecule is CCOC(=O)c1ccc(C2=C(Cl)C[N+](C)(C)CC2=C(C)C)cc1C(=O)OCC. The van der Waals surface area contributed by atoms with Crippen molar-refractivity contribution < 1.29 is 23.5 Å². The monoisotopic (exact) mass is 406 g/mol. The van der Waals surface area contributed by atoms with Crippen molar-refractivity contribution >= 4 is 29.1 Å². The van der Waals surface area contributed by atoms with Crippen molar-refractivity contribution in [3.8, 4) is 0 Å². The predicted molar refractivity (Wildman–Crippen MR) is 111 cm³/mol. The van der Waals surface area contributed by atoms with Crippen molar-refractivity contribution in [1.82, 2.24) is 0 Å². The Morgan fingerprint density at radius 1 is 1.00 bits per heavy atom. The lowest BCUT2D eigenvalue weighted by atomic mass is 9.89. The summed E-state index contributed by atoms with van der Waals surface area (Å²) in [4.78, 5) is 24.8. The fourth-order valence-electron chi connectivity index (χ4n) is 3.38. The van der Waals surface area contributed by atoms with Crippen LogP contribution in [-0.4, -0.2) is 56.8 Å². The standard InChI is InChI=1S/C22H29ClNO4/c1-7-27-21(25)16-10-9-15(11-17(16)22(26)28-8-2)20-18(14(3)4)12-24(5,6)13-19(20)23/h9-11H,7-8,12-13H2,1-6H3/q+1. The van der Waals surface area contributed by atoms with Crippen LogP contribution in [0.15, 0.2) is 34.4 Å². The van der Waals surface area contributed by atoms with E-state index in [1.54, 1.807) is 26.0 Å². The van der Waals surface area contributed by atoms with E-state index in [1.807, 2.05) is 6.07 Å². The third-order valence-corrected chi connectivity index (χ3v) is 4.94. The summed E-state index contributed by atoms with van der Waals surface area (Å²) in [6.07, 6.45) is 0. The Balaban J connectivity index is 2.65. The van der Waals surface area contributed by atoms with Crippen LogP contribution in [0.1, 0.15) is 54.0 Å². The summed E-state index contributed by atoms with van der Waals surface area (Å²) in [5.74, 6) is -1.09. The van der Waals surface area contributed by atoms with Crippen LogP contribution < -0.4 is 0 Å². The van der Waals surface area contributed by atoms with E-state index in [1.165, 1.54) is 5.57 Å². The zero-order chi connectivity index (χ0) is 21.1. The van der Waals surface area contributed by atoms with Gasteiger partial charge in [0.05, 0.1) is 43.5 Å². The molecule has 2 rings (SSSR count). The molecule has 5 nitrogen and oxygen atoms in total. The first-order valence-corrected chi connectivity index (χ1v) is 9.85. The second kappa shape index (κ2) is 8.93. The second-order valence-corrected chi connectivity index (χ2v) is 8.17. The minimum absolute atomic E-state index is 0.196. The maximum Gasteiger partial charge on any atom is 0.339 e. The van der Waals surface area contributed by atoms with Crippen LogP contribution >= 0.6 is 11.6 Å². The number of carbonyl (C=O) groups is 2. The molecule has 1 heterocycles. The summed E-state index contributed by atoms with van der Waals surface area (Å²) in [6, 6.07) is 5.13. The van der Waals surface area contributed by atoms with Gasteiger partial charge in [0.1, 0.15) is 13.1 Å². The van der Waals surface area contributed by atoms with E-state index in [9.17, 15) is 9.59 Å². The molecule has 6 heteroatoms. The Morgan fingerprint density at radius 3 is 2.11 bits per heavy atom. The fraction of sp³-hybridized carbons (Fsp3) is 0.455. The van der Waals surface area contributed by atoms with Gasteiger partial charge in [0.25, 0.3) is 0 Å². The van der Waals surface area contributed by atoms with Gasteiger partial charge in [-0.1, -0.05) is 23.2 Å². The third kappa shape index (κ3) is 4.83. The minimum atomic E-state index is -0.546. The topological polar surface area (TPSA) is 52.6 Å². The molecule has 0 amide bonds. The third-order valence-electron chi connectivity index (χ3n) is 4.63. The predicted octanol–water partition coefficient (Wildman–Crippen LogP) is 4.42. The summed E-state index contributed by atoms with van der Waals surface area (Å²) >= 11 is 6.71. The molecule has 0 radical (unpaired) electrons. The van der Waals surface area contributed by atoms with Gasteiger partial charge < -0.3 is 14.0 Å². The summed E-state index contributed by atoms with van der Waals surface area (Å²) in [7, 11) is 4.27. The molecule has 28 heavy (non-hydrogen) atoms. The molecule has 1 aromatic rings. The van der Waals surface area contributed by atoms with E-state index in [0.29, 0.717) is 6.54 Å². The molecule has 1 aromatic carbocycles. The van der Waals surface area contributed by atoms with Crippen molar-refractivity contribution in [1.29, 1.82) is 0 Å². The normalized spacial score (nSPS) is 16.0. The van der Waals surface area contributed by atoms with Crippen molar-refractivity contribution in [3.63, 3.8) is 0 Å². The fourth-order valence-corrected chi connectivity index (χ4v) is 3.93. The van der Waals surface area contributed by atoms with Crippen LogP contribution in [0, 0.1) is 0 Å². The number of allylic oxidation sites excluding steroid dienone is 1. The molecule has 152 valence electrons. The number of hydrogen-bond acceptors (Lipinski definition) is 4. The van der Waals surface area contributed by atoms with Gasteiger partial charge in [-0.3, -0.25) is 0 Å². The van der Waals surface area contributed by atoms with E-state index in [2.05, 4.69) is 27.9 Å². The van der Waals surface area contributed by atoms with E-state index in [-0.39, 0.29) is 24.3 Å². The molecule has 1 aliphatic heterocycles. The molecule has 0 fully saturated rings. The highest BCUT2D eigenvalue weighted by Gasteiger charge is 2.32. The molecule has 1 aliphatic rings. The van der Waals surface area contributed by atoms with Crippen LogP contribution in [0.2, 0.25) is 0 Å². The molecule has 0 bridgehead atoms. The smallest absolute Gasteiger partial charge is 0.339 e. The average Bonchev–Trinajstić information content (AvgIpc) is 2.60. The highest BCUT2D eigenvalue weighted by atomic mass is 35.5. The number of quaternary nitrogens is 1. The molecule has 0 spiro atoms. The lowest BCUT2D eigenvalue weighted by Crippen LogP contribution is -2.45. The Labute approximate surface area is 172 Å². The van der Waals surface area contributed by atoms with E-state index >= 15 is 0 Å². The zero-order valence-electron chi connectivity index (χ0n) is 17.5. The van der Waals surface area contributed by atoms with Crippen molar-refractivity contribution in [3.05, 3.63) is 51.1 Å². The van der Waals surface area contributed by atoms with Gasteiger partial charge in [-0.2, -0.15) is 0 Å². The summed E-state index contributed by atoms with van der Waals surface area (Å²) in [5, 5.41) is 0.742. The number of halogens is 1. The van der Waals surface area contributed by atoms with Gasteiger partial charge in [0.2, 0.25) is 0 Å². The van der Waals surface area contributed by atoms with Crippen LogP contribution in [0.4, 0.5) is 0 Å². The van der Waals surface area contributed by atoms with E-state index in [0.717, 1.165) is 32.8 Å². The molecule has 0 saturated carbocycles. The minimum Gasteiger partial charge on any atom is -0.462 e. The summed E-state index contributed by atoms with van der Waals surface area (Å²) in [6.45, 7) is 9.56. The van der Waals surface area contributed by atoms with Gasteiger partial charge in [-0.15, -0.1) is 0 Å². The average molecular weight is 407 g/mol. The zero-order valence-corrected chi connectivity index (χ0v) is 18.3.